The molecule has 1 unspecified atom stereocenters. The van der Waals surface area contributed by atoms with E-state index in [9.17, 15) is 52.9 Å². The maximum Gasteiger partial charge on any atom is 0.423 e. The fourth-order valence-corrected chi connectivity index (χ4v) is 3.38. The van der Waals surface area contributed by atoms with E-state index in [0.29, 0.717) is 0 Å². The third-order valence-corrected chi connectivity index (χ3v) is 4.35. The predicted molar refractivity (Wildman–Crippen MR) is 76.7 cm³/mol. The van der Waals surface area contributed by atoms with Crippen molar-refractivity contribution in [2.75, 3.05) is 0 Å². The van der Waals surface area contributed by atoms with Crippen LogP contribution in [0, 0.1) is 30.3 Å². The van der Waals surface area contributed by atoms with E-state index in [1.807, 2.05) is 0 Å². The van der Waals surface area contributed by atoms with Crippen molar-refractivity contribution < 1.29 is 37.3 Å². The summed E-state index contributed by atoms with van der Waals surface area (Å²) in [6.45, 7) is 0. The van der Waals surface area contributed by atoms with E-state index in [2.05, 4.69) is 0 Å². The molecule has 16 heteroatoms. The quantitative estimate of drug-likeness (QED) is 0.289. The van der Waals surface area contributed by atoms with Crippen molar-refractivity contribution in [3.8, 4) is 0 Å². The van der Waals surface area contributed by atoms with Gasteiger partial charge in [0.2, 0.25) is 11.8 Å². The number of nitro groups is 3. The van der Waals surface area contributed by atoms with Crippen molar-refractivity contribution in [2.24, 2.45) is 0 Å². The first kappa shape index (κ1) is 18.8. The highest BCUT2D eigenvalue weighted by Gasteiger charge is 2.48. The summed E-state index contributed by atoms with van der Waals surface area (Å²) in [7, 11) is -5.55. The molecule has 0 radical (unpaired) electrons. The molecule has 15 nitrogen and oxygen atoms in total. The second-order valence-electron chi connectivity index (χ2n) is 4.93. The van der Waals surface area contributed by atoms with Crippen molar-refractivity contribution in [3.63, 3.8) is 0 Å². The molecule has 1 saturated heterocycles. The molecule has 0 aliphatic carbocycles. The van der Waals surface area contributed by atoms with Gasteiger partial charge < -0.3 is 0 Å². The minimum atomic E-state index is -5.55. The molecule has 1 atom stereocenters. The van der Waals surface area contributed by atoms with Crippen LogP contribution in [0.25, 0.3) is 0 Å². The lowest BCUT2D eigenvalue weighted by atomic mass is 9.95. The number of benzene rings is 1. The minimum Gasteiger partial charge on any atom is -0.296 e. The van der Waals surface area contributed by atoms with Crippen molar-refractivity contribution in [3.05, 3.63) is 42.0 Å². The lowest BCUT2D eigenvalue weighted by Gasteiger charge is -2.11. The van der Waals surface area contributed by atoms with Crippen LogP contribution in [0.3, 0.4) is 0 Å². The Morgan fingerprint density at radius 2 is 1.58 bits per heavy atom. The molecule has 1 fully saturated rings. The maximum atomic E-state index is 11.8. The monoisotopic (exact) mass is 390 g/mol. The number of amides is 2. The van der Waals surface area contributed by atoms with Crippen molar-refractivity contribution in [1.82, 2.24) is 5.32 Å². The molecule has 1 heterocycles. The van der Waals surface area contributed by atoms with Crippen molar-refractivity contribution >= 4 is 39.0 Å². The highest BCUT2D eigenvalue weighted by Crippen LogP contribution is 2.46. The zero-order valence-electron chi connectivity index (χ0n) is 12.1. The number of nitrogens with one attached hydrogen (secondary N) is 1. The largest absolute Gasteiger partial charge is 0.423 e. The highest BCUT2D eigenvalue weighted by atomic mass is 32.2. The summed E-state index contributed by atoms with van der Waals surface area (Å²) in [5.74, 6) is -3.79. The first-order valence-electron chi connectivity index (χ1n) is 6.31. The summed E-state index contributed by atoms with van der Waals surface area (Å²) in [5, 5.41) is 35.1. The maximum absolute atomic E-state index is 11.8. The number of nitrogens with zero attached hydrogens (tertiary/aromatic N) is 3. The van der Waals surface area contributed by atoms with Gasteiger partial charge in [-0.3, -0.25) is 49.8 Å². The van der Waals surface area contributed by atoms with Crippen molar-refractivity contribution in [2.45, 2.75) is 17.2 Å². The van der Waals surface area contributed by atoms with E-state index in [1.54, 1.807) is 5.32 Å². The second-order valence-corrected chi connectivity index (χ2v) is 6.29. The smallest absolute Gasteiger partial charge is 0.296 e. The Morgan fingerprint density at radius 1 is 1.04 bits per heavy atom. The summed E-state index contributed by atoms with van der Waals surface area (Å²) < 4.78 is 32.6. The molecule has 1 aromatic carbocycles. The molecule has 26 heavy (non-hydrogen) atoms. The molecule has 1 aliphatic heterocycles. The number of rotatable bonds is 5. The molecular weight excluding hydrogens is 384 g/mol. The normalized spacial score (nSPS) is 17.0. The van der Waals surface area contributed by atoms with Crippen LogP contribution in [0.2, 0.25) is 0 Å². The molecule has 2 rings (SSSR count). The number of nitro benzene ring substituents is 3. The minimum absolute atomic E-state index is 0.247. The first-order valence-corrected chi connectivity index (χ1v) is 7.75. The molecule has 2 N–H and O–H groups in total. The fraction of sp³-hybridized carbons (Fsp3) is 0.200. The average molecular weight is 390 g/mol. The van der Waals surface area contributed by atoms with Gasteiger partial charge in [-0.05, 0) is 0 Å². The van der Waals surface area contributed by atoms with E-state index >= 15 is 0 Å². The Hall–Kier alpha value is -3.53. The van der Waals surface area contributed by atoms with Gasteiger partial charge >= 0.3 is 27.2 Å². The third-order valence-electron chi connectivity index (χ3n) is 3.40. The standard InChI is InChI=1S/C10H6N4O11S/c15-6-2-4(10(16)11-6)3-1-5(12(17)18)7(13(19)20)8(14(21)22)9(3)26(23,24)25/h1,4H,2H2,(H,11,15,16)(H,23,24,25). The Morgan fingerprint density at radius 3 is 1.92 bits per heavy atom. The van der Waals surface area contributed by atoms with Gasteiger partial charge in [0, 0.05) is 18.1 Å². The van der Waals surface area contributed by atoms with Gasteiger partial charge in [-0.1, -0.05) is 0 Å². The van der Waals surface area contributed by atoms with Gasteiger partial charge in [0.1, 0.15) is 0 Å². The molecule has 138 valence electrons. The zero-order chi connectivity index (χ0) is 20.0. The molecule has 0 spiro atoms. The summed E-state index contributed by atoms with van der Waals surface area (Å²) in [4.78, 5) is 50.2. The van der Waals surface area contributed by atoms with Gasteiger partial charge in [-0.15, -0.1) is 0 Å². The van der Waals surface area contributed by atoms with Crippen LogP contribution in [-0.4, -0.2) is 39.6 Å². The highest BCUT2D eigenvalue weighted by molar-refractivity contribution is 7.86. The lowest BCUT2D eigenvalue weighted by Crippen LogP contribution is -2.22. The van der Waals surface area contributed by atoms with Crippen LogP contribution in [0.15, 0.2) is 11.0 Å². The van der Waals surface area contributed by atoms with Crippen LogP contribution < -0.4 is 5.32 Å². The molecule has 2 amide bonds. The molecule has 1 aromatic rings. The van der Waals surface area contributed by atoms with Gasteiger partial charge in [0.25, 0.3) is 0 Å². The topological polar surface area (TPSA) is 230 Å². The fourth-order valence-electron chi connectivity index (χ4n) is 2.47. The van der Waals surface area contributed by atoms with E-state index < -0.39 is 76.6 Å². The van der Waals surface area contributed by atoms with Gasteiger partial charge in [-0.25, -0.2) is 0 Å². The summed E-state index contributed by atoms with van der Waals surface area (Å²) in [5.41, 5.74) is -6.12. The Bertz CT molecular complexity index is 999. The summed E-state index contributed by atoms with van der Waals surface area (Å²) >= 11 is 0. The molecule has 0 aromatic heterocycles. The predicted octanol–water partition coefficient (Wildman–Crippen LogP) is -0.212. The van der Waals surface area contributed by atoms with Gasteiger partial charge in [0.05, 0.1) is 20.7 Å². The van der Waals surface area contributed by atoms with Gasteiger partial charge in [0.15, 0.2) is 4.90 Å². The SMILES string of the molecule is O=C1CC(c2cc([N+](=O)[O-])c([N+](=O)[O-])c([N+](=O)[O-])c2S(=O)(=O)O)C(=O)N1. The Balaban J connectivity index is 3.07. The van der Waals surface area contributed by atoms with Crippen LogP contribution in [0.1, 0.15) is 17.9 Å². The second kappa shape index (κ2) is 6.08. The number of carbonyl (C=O) groups is 2. The molecule has 0 saturated carbocycles. The molecule has 1 aliphatic rings. The van der Waals surface area contributed by atoms with E-state index in [4.69, 9.17) is 0 Å². The third kappa shape index (κ3) is 3.05. The van der Waals surface area contributed by atoms with E-state index in [-0.39, 0.29) is 6.07 Å². The number of imide groups is 1. The Labute approximate surface area is 141 Å². The Kier molecular flexibility index (Phi) is 4.40. The number of carbonyl (C=O) groups excluding carboxylic acids is 2. The average Bonchev–Trinajstić information content (AvgIpc) is 2.82. The molecule has 0 bridgehead atoms. The summed E-state index contributed by atoms with van der Waals surface area (Å²) in [6.07, 6.45) is -0.729. The van der Waals surface area contributed by atoms with Crippen molar-refractivity contribution in [1.29, 1.82) is 0 Å². The number of hydrogen-bond donors (Lipinski definition) is 2. The van der Waals surface area contributed by atoms with Crippen LogP contribution in [0.5, 0.6) is 0 Å². The van der Waals surface area contributed by atoms with Crippen LogP contribution in [0.4, 0.5) is 17.1 Å². The summed E-state index contributed by atoms with van der Waals surface area (Å²) in [6, 6.07) is 0.247. The van der Waals surface area contributed by atoms with Gasteiger partial charge in [-0.2, -0.15) is 8.42 Å². The van der Waals surface area contributed by atoms with Crippen LogP contribution >= 0.6 is 0 Å². The first-order chi connectivity index (χ1) is 11.9. The van der Waals surface area contributed by atoms with E-state index in [1.165, 1.54) is 0 Å². The number of hydrogen-bond acceptors (Lipinski definition) is 10. The lowest BCUT2D eigenvalue weighted by molar-refractivity contribution is -0.442. The zero-order valence-corrected chi connectivity index (χ0v) is 13.0. The van der Waals surface area contributed by atoms with Crippen LogP contribution in [-0.2, 0) is 19.7 Å². The molecular formula is C10H6N4O11S. The van der Waals surface area contributed by atoms with E-state index in [0.717, 1.165) is 0 Å².